The van der Waals surface area contributed by atoms with Gasteiger partial charge in [0.25, 0.3) is 5.91 Å². The molecular formula is C12H20ClN3O. The Labute approximate surface area is 107 Å². The first-order valence-corrected chi connectivity index (χ1v) is 6.42. The van der Waals surface area contributed by atoms with Gasteiger partial charge in [0.1, 0.15) is 5.69 Å². The van der Waals surface area contributed by atoms with Crippen LogP contribution in [0.4, 0.5) is 0 Å². The summed E-state index contributed by atoms with van der Waals surface area (Å²) in [5.41, 5.74) is 0.439. The molecule has 0 aliphatic carbocycles. The van der Waals surface area contributed by atoms with E-state index in [0.29, 0.717) is 18.1 Å². The van der Waals surface area contributed by atoms with E-state index in [4.69, 9.17) is 11.6 Å². The number of carbonyl (C=O) groups is 1. The van der Waals surface area contributed by atoms with Gasteiger partial charge in [-0.1, -0.05) is 13.8 Å². The van der Waals surface area contributed by atoms with Crippen LogP contribution in [-0.4, -0.2) is 27.9 Å². The zero-order valence-electron chi connectivity index (χ0n) is 10.7. The average Bonchev–Trinajstić information content (AvgIpc) is 2.78. The van der Waals surface area contributed by atoms with Gasteiger partial charge < -0.3 is 9.88 Å². The van der Waals surface area contributed by atoms with Crippen LogP contribution in [0.15, 0.2) is 12.5 Å². The summed E-state index contributed by atoms with van der Waals surface area (Å²) in [4.78, 5) is 15.8. The van der Waals surface area contributed by atoms with E-state index < -0.39 is 0 Å². The van der Waals surface area contributed by atoms with E-state index in [2.05, 4.69) is 24.1 Å². The normalized spacial score (nSPS) is 11.5. The Bertz CT molecular complexity index is 363. The quantitative estimate of drug-likeness (QED) is 0.795. The Morgan fingerprint density at radius 1 is 1.53 bits per heavy atom. The van der Waals surface area contributed by atoms with Gasteiger partial charge in [0.15, 0.2) is 0 Å². The third-order valence-electron chi connectivity index (χ3n) is 3.34. The summed E-state index contributed by atoms with van der Waals surface area (Å²) in [5.74, 6) is 0.421. The minimum atomic E-state index is -0.137. The molecule has 1 aromatic rings. The van der Waals surface area contributed by atoms with Gasteiger partial charge in [-0.05, 0) is 12.8 Å². The maximum Gasteiger partial charge on any atom is 0.271 e. The molecule has 0 fully saturated rings. The summed E-state index contributed by atoms with van der Waals surface area (Å²) in [7, 11) is 1.84. The molecule has 5 heteroatoms. The maximum atomic E-state index is 11.8. The van der Waals surface area contributed by atoms with Crippen LogP contribution in [0, 0.1) is 5.41 Å². The minimum Gasteiger partial charge on any atom is -0.350 e. The molecule has 0 aromatic carbocycles. The van der Waals surface area contributed by atoms with Crippen LogP contribution in [0.25, 0.3) is 0 Å². The van der Waals surface area contributed by atoms with E-state index in [9.17, 15) is 4.79 Å². The van der Waals surface area contributed by atoms with Crippen LogP contribution in [-0.2, 0) is 7.05 Å². The Morgan fingerprint density at radius 2 is 2.18 bits per heavy atom. The van der Waals surface area contributed by atoms with E-state index in [0.717, 1.165) is 12.8 Å². The summed E-state index contributed by atoms with van der Waals surface area (Å²) in [5, 5.41) is 2.91. The smallest absolute Gasteiger partial charge is 0.271 e. The molecule has 0 aliphatic heterocycles. The highest BCUT2D eigenvalue weighted by Gasteiger charge is 2.26. The van der Waals surface area contributed by atoms with Gasteiger partial charge in [-0.15, -0.1) is 11.6 Å². The van der Waals surface area contributed by atoms with E-state index in [1.165, 1.54) is 0 Å². The predicted molar refractivity (Wildman–Crippen MR) is 69.3 cm³/mol. The molecule has 0 radical (unpaired) electrons. The monoisotopic (exact) mass is 257 g/mol. The fraction of sp³-hybridized carbons (Fsp3) is 0.667. The highest BCUT2D eigenvalue weighted by Crippen LogP contribution is 2.26. The molecular weight excluding hydrogens is 238 g/mol. The molecule has 4 nitrogen and oxygen atoms in total. The molecule has 0 spiro atoms. The van der Waals surface area contributed by atoms with Gasteiger partial charge in [-0.25, -0.2) is 4.98 Å². The molecule has 1 amide bonds. The summed E-state index contributed by atoms with van der Waals surface area (Å²) >= 11 is 5.99. The fourth-order valence-corrected chi connectivity index (χ4v) is 2.10. The van der Waals surface area contributed by atoms with Crippen LogP contribution in [0.2, 0.25) is 0 Å². The molecule has 0 saturated heterocycles. The standard InChI is InChI=1S/C12H20ClN3O/c1-4-12(5-2,7-13)8-14-11(17)10-6-16(3)9-15-10/h6,9H,4-5,7-8H2,1-3H3,(H,14,17). The van der Waals surface area contributed by atoms with Gasteiger partial charge >= 0.3 is 0 Å². The summed E-state index contributed by atoms with van der Waals surface area (Å²) in [6.07, 6.45) is 5.23. The number of aryl methyl sites for hydroxylation is 1. The molecule has 1 heterocycles. The number of imidazole rings is 1. The first kappa shape index (κ1) is 14.0. The second kappa shape index (κ2) is 6.05. The van der Waals surface area contributed by atoms with Crippen molar-refractivity contribution < 1.29 is 4.79 Å². The molecule has 17 heavy (non-hydrogen) atoms. The number of hydrogen-bond donors (Lipinski definition) is 1. The van der Waals surface area contributed by atoms with Crippen LogP contribution in [0.3, 0.4) is 0 Å². The van der Waals surface area contributed by atoms with E-state index >= 15 is 0 Å². The highest BCUT2D eigenvalue weighted by molar-refractivity contribution is 6.18. The zero-order valence-corrected chi connectivity index (χ0v) is 11.4. The Kier molecular flexibility index (Phi) is 5.00. The van der Waals surface area contributed by atoms with Gasteiger partial charge in [0, 0.05) is 31.1 Å². The van der Waals surface area contributed by atoms with Crippen molar-refractivity contribution >= 4 is 17.5 Å². The lowest BCUT2D eigenvalue weighted by Gasteiger charge is -2.29. The third kappa shape index (κ3) is 3.46. The lowest BCUT2D eigenvalue weighted by atomic mass is 9.84. The van der Waals surface area contributed by atoms with Crippen molar-refractivity contribution in [3.05, 3.63) is 18.2 Å². The molecule has 0 saturated carbocycles. The third-order valence-corrected chi connectivity index (χ3v) is 3.91. The number of amides is 1. The van der Waals surface area contributed by atoms with E-state index in [1.54, 1.807) is 17.1 Å². The molecule has 0 unspecified atom stereocenters. The van der Waals surface area contributed by atoms with E-state index in [-0.39, 0.29) is 11.3 Å². The summed E-state index contributed by atoms with van der Waals surface area (Å²) in [6.45, 7) is 4.79. The van der Waals surface area contributed by atoms with E-state index in [1.807, 2.05) is 7.05 Å². The first-order chi connectivity index (χ1) is 8.06. The highest BCUT2D eigenvalue weighted by atomic mass is 35.5. The van der Waals surface area contributed by atoms with Crippen molar-refractivity contribution in [2.75, 3.05) is 12.4 Å². The van der Waals surface area contributed by atoms with Crippen LogP contribution >= 0.6 is 11.6 Å². The fourth-order valence-electron chi connectivity index (χ4n) is 1.62. The second-order valence-corrected chi connectivity index (χ2v) is 4.72. The molecule has 1 rings (SSSR count). The molecule has 0 bridgehead atoms. The first-order valence-electron chi connectivity index (χ1n) is 5.89. The van der Waals surface area contributed by atoms with Gasteiger partial charge in [0.05, 0.1) is 6.33 Å². The van der Waals surface area contributed by atoms with Crippen molar-refractivity contribution in [1.29, 1.82) is 0 Å². The van der Waals surface area contributed by atoms with Gasteiger partial charge in [-0.2, -0.15) is 0 Å². The van der Waals surface area contributed by atoms with Gasteiger partial charge in [-0.3, -0.25) is 4.79 Å². The second-order valence-electron chi connectivity index (χ2n) is 4.45. The Hall–Kier alpha value is -1.03. The number of hydrogen-bond acceptors (Lipinski definition) is 2. The van der Waals surface area contributed by atoms with Crippen molar-refractivity contribution in [3.8, 4) is 0 Å². The summed E-state index contributed by atoms with van der Waals surface area (Å²) in [6, 6.07) is 0. The van der Waals surface area contributed by atoms with Gasteiger partial charge in [0.2, 0.25) is 0 Å². The molecule has 1 N–H and O–H groups in total. The van der Waals surface area contributed by atoms with Crippen molar-refractivity contribution in [3.63, 3.8) is 0 Å². The topological polar surface area (TPSA) is 46.9 Å². The van der Waals surface area contributed by atoms with Crippen LogP contribution < -0.4 is 5.32 Å². The molecule has 0 aliphatic rings. The van der Waals surface area contributed by atoms with Crippen LogP contribution in [0.1, 0.15) is 37.2 Å². The molecule has 96 valence electrons. The average molecular weight is 258 g/mol. The maximum absolute atomic E-state index is 11.8. The Morgan fingerprint density at radius 3 is 2.59 bits per heavy atom. The number of aromatic nitrogens is 2. The molecule has 0 atom stereocenters. The minimum absolute atomic E-state index is 0.00794. The Balaban J connectivity index is 2.58. The number of nitrogens with zero attached hydrogens (tertiary/aromatic N) is 2. The zero-order chi connectivity index (χ0) is 12.9. The lowest BCUT2D eigenvalue weighted by Crippen LogP contribution is -2.38. The number of rotatable bonds is 6. The number of halogens is 1. The predicted octanol–water partition coefficient (Wildman–Crippen LogP) is 2.20. The van der Waals surface area contributed by atoms with Crippen molar-refractivity contribution in [1.82, 2.24) is 14.9 Å². The number of nitrogens with one attached hydrogen (secondary N) is 1. The number of carbonyl (C=O) groups excluding carboxylic acids is 1. The molecule has 1 aromatic heterocycles. The van der Waals surface area contributed by atoms with Crippen molar-refractivity contribution in [2.45, 2.75) is 26.7 Å². The van der Waals surface area contributed by atoms with Crippen LogP contribution in [0.5, 0.6) is 0 Å². The largest absolute Gasteiger partial charge is 0.350 e. The summed E-state index contributed by atoms with van der Waals surface area (Å²) < 4.78 is 1.75. The lowest BCUT2D eigenvalue weighted by molar-refractivity contribution is 0.0927. The SMILES string of the molecule is CCC(CC)(CCl)CNC(=O)c1cn(C)cn1. The number of alkyl halides is 1. The van der Waals surface area contributed by atoms with Crippen molar-refractivity contribution in [2.24, 2.45) is 12.5 Å².